The highest BCUT2D eigenvalue weighted by molar-refractivity contribution is 5.94. The lowest BCUT2D eigenvalue weighted by Gasteiger charge is -2.47. The van der Waals surface area contributed by atoms with Gasteiger partial charge in [0.15, 0.2) is 5.69 Å². The molecule has 1 amide bonds. The zero-order valence-electron chi connectivity index (χ0n) is 16.0. The molecule has 1 rings (SSSR count). The second-order valence-electron chi connectivity index (χ2n) is 7.10. The van der Waals surface area contributed by atoms with Crippen LogP contribution in [0.2, 0.25) is 0 Å². The van der Waals surface area contributed by atoms with Crippen molar-refractivity contribution >= 4 is 5.91 Å². The van der Waals surface area contributed by atoms with Crippen molar-refractivity contribution in [3.05, 3.63) is 17.0 Å². The minimum Gasteiger partial charge on any atom is -0.360 e. The van der Waals surface area contributed by atoms with Crippen LogP contribution in [0.15, 0.2) is 4.52 Å². The predicted octanol–water partition coefficient (Wildman–Crippen LogP) is 5.05. The van der Waals surface area contributed by atoms with E-state index in [-0.39, 0.29) is 16.9 Å². The second-order valence-corrected chi connectivity index (χ2v) is 7.10. The van der Waals surface area contributed by atoms with E-state index < -0.39 is 0 Å². The molecule has 0 aromatic carbocycles. The van der Waals surface area contributed by atoms with Gasteiger partial charge in [0.05, 0.1) is 0 Å². The van der Waals surface area contributed by atoms with Crippen LogP contribution in [0, 0.1) is 12.3 Å². The van der Waals surface area contributed by atoms with E-state index in [1.807, 2.05) is 13.8 Å². The normalized spacial score (nSPS) is 12.5. The van der Waals surface area contributed by atoms with Crippen LogP contribution in [0.5, 0.6) is 0 Å². The first-order chi connectivity index (χ1) is 10.8. The first-order valence-corrected chi connectivity index (χ1v) is 9.06. The Morgan fingerprint density at radius 1 is 1.17 bits per heavy atom. The fraction of sp³-hybridized carbons (Fsp3) is 0.789. The van der Waals surface area contributed by atoms with Crippen LogP contribution in [0.4, 0.5) is 0 Å². The molecule has 0 aliphatic carbocycles. The highest BCUT2D eigenvalue weighted by Gasteiger charge is 2.43. The summed E-state index contributed by atoms with van der Waals surface area (Å²) < 4.78 is 5.27. The number of unbranched alkanes of at least 4 members (excludes halogenated alkanes) is 1. The van der Waals surface area contributed by atoms with E-state index in [1.54, 1.807) is 0 Å². The van der Waals surface area contributed by atoms with Gasteiger partial charge in [-0.15, -0.1) is 0 Å². The van der Waals surface area contributed by atoms with E-state index >= 15 is 0 Å². The second kappa shape index (κ2) is 7.98. The van der Waals surface area contributed by atoms with Crippen molar-refractivity contribution in [1.29, 1.82) is 0 Å². The molecule has 132 valence electrons. The Bertz CT molecular complexity index is 513. The number of hydrogen-bond acceptors (Lipinski definition) is 3. The summed E-state index contributed by atoms with van der Waals surface area (Å²) in [6.07, 6.45) is 6.34. The lowest BCUT2D eigenvalue weighted by molar-refractivity contribution is 0.0623. The topological polar surface area (TPSA) is 55.1 Å². The number of aromatic nitrogens is 1. The van der Waals surface area contributed by atoms with Gasteiger partial charge in [0, 0.05) is 17.5 Å². The highest BCUT2D eigenvalue weighted by Crippen LogP contribution is 2.43. The molecular formula is C19H34N2O2. The third kappa shape index (κ3) is 3.96. The van der Waals surface area contributed by atoms with Gasteiger partial charge in [-0.25, -0.2) is 0 Å². The van der Waals surface area contributed by atoms with Gasteiger partial charge in [0.25, 0.3) is 5.91 Å². The molecule has 0 aliphatic heterocycles. The zero-order valence-corrected chi connectivity index (χ0v) is 16.0. The maximum atomic E-state index is 12.7. The van der Waals surface area contributed by atoms with E-state index in [9.17, 15) is 4.79 Å². The van der Waals surface area contributed by atoms with E-state index in [0.717, 1.165) is 37.0 Å². The number of amides is 1. The molecule has 1 aromatic heterocycles. The minimum atomic E-state index is -0.291. The van der Waals surface area contributed by atoms with Crippen LogP contribution >= 0.6 is 0 Å². The number of nitrogens with zero attached hydrogens (tertiary/aromatic N) is 1. The average molecular weight is 322 g/mol. The van der Waals surface area contributed by atoms with Crippen molar-refractivity contribution in [3.63, 3.8) is 0 Å². The maximum absolute atomic E-state index is 12.7. The molecule has 0 atom stereocenters. The van der Waals surface area contributed by atoms with Gasteiger partial charge in [-0.2, -0.15) is 0 Å². The number of rotatable bonds is 9. The van der Waals surface area contributed by atoms with Gasteiger partial charge in [-0.3, -0.25) is 4.79 Å². The molecule has 0 radical (unpaired) electrons. The van der Waals surface area contributed by atoms with Gasteiger partial charge < -0.3 is 9.84 Å². The first-order valence-electron chi connectivity index (χ1n) is 9.06. The summed E-state index contributed by atoms with van der Waals surface area (Å²) in [6, 6.07) is 0. The molecule has 0 fully saturated rings. The zero-order chi connectivity index (χ0) is 17.7. The van der Waals surface area contributed by atoms with Gasteiger partial charge in [0.2, 0.25) is 0 Å². The largest absolute Gasteiger partial charge is 0.360 e. The number of aryl methyl sites for hydroxylation is 1. The van der Waals surface area contributed by atoms with Gasteiger partial charge in [-0.1, -0.05) is 45.7 Å². The van der Waals surface area contributed by atoms with E-state index in [2.05, 4.69) is 45.1 Å². The molecule has 0 saturated heterocycles. The number of carbonyl (C=O) groups excluding carboxylic acids is 1. The summed E-state index contributed by atoms with van der Waals surface area (Å²) in [4.78, 5) is 12.7. The van der Waals surface area contributed by atoms with Gasteiger partial charge in [0.1, 0.15) is 5.76 Å². The van der Waals surface area contributed by atoms with Crippen molar-refractivity contribution in [2.24, 2.45) is 5.41 Å². The van der Waals surface area contributed by atoms with Crippen molar-refractivity contribution in [3.8, 4) is 0 Å². The summed E-state index contributed by atoms with van der Waals surface area (Å²) >= 11 is 0. The summed E-state index contributed by atoms with van der Waals surface area (Å²) in [5.74, 6) is 0.662. The Hall–Kier alpha value is -1.32. The highest BCUT2D eigenvalue weighted by atomic mass is 16.5. The van der Waals surface area contributed by atoms with Gasteiger partial charge >= 0.3 is 0 Å². The summed E-state index contributed by atoms with van der Waals surface area (Å²) in [7, 11) is 0. The number of hydrogen-bond donors (Lipinski definition) is 1. The van der Waals surface area contributed by atoms with Crippen LogP contribution in [0.25, 0.3) is 0 Å². The molecule has 0 spiro atoms. The summed E-state index contributed by atoms with van der Waals surface area (Å²) in [6.45, 7) is 14.9. The average Bonchev–Trinajstić information content (AvgIpc) is 2.89. The SMILES string of the molecule is CCCCC(CC)(CC)C(C)(C)NC(=O)c1noc(CC)c1C. The third-order valence-corrected chi connectivity index (χ3v) is 5.67. The monoisotopic (exact) mass is 322 g/mol. The molecule has 4 heteroatoms. The standard InChI is InChI=1S/C19H34N2O2/c1-8-12-13-19(10-3,11-4)18(6,7)20-17(22)16-14(5)15(9-2)23-21-16/h8-13H2,1-7H3,(H,20,22). The smallest absolute Gasteiger partial charge is 0.274 e. The Morgan fingerprint density at radius 3 is 2.22 bits per heavy atom. The molecule has 1 heterocycles. The van der Waals surface area contributed by atoms with Crippen LogP contribution < -0.4 is 5.32 Å². The maximum Gasteiger partial charge on any atom is 0.274 e. The van der Waals surface area contributed by atoms with E-state index in [4.69, 9.17) is 4.52 Å². The molecule has 4 nitrogen and oxygen atoms in total. The van der Waals surface area contributed by atoms with Crippen LogP contribution in [-0.4, -0.2) is 16.6 Å². The first kappa shape index (κ1) is 19.7. The number of carbonyl (C=O) groups is 1. The molecule has 1 aromatic rings. The lowest BCUT2D eigenvalue weighted by Crippen LogP contribution is -2.56. The molecule has 0 unspecified atom stereocenters. The molecule has 0 saturated carbocycles. The molecular weight excluding hydrogens is 288 g/mol. The molecule has 1 N–H and O–H groups in total. The van der Waals surface area contributed by atoms with Gasteiger partial charge in [-0.05, 0) is 45.4 Å². The fourth-order valence-corrected chi connectivity index (χ4v) is 3.70. The fourth-order valence-electron chi connectivity index (χ4n) is 3.70. The van der Waals surface area contributed by atoms with E-state index in [0.29, 0.717) is 5.69 Å². The Morgan fingerprint density at radius 2 is 1.78 bits per heavy atom. The predicted molar refractivity (Wildman–Crippen MR) is 94.7 cm³/mol. The minimum absolute atomic E-state index is 0.101. The van der Waals surface area contributed by atoms with Crippen LogP contribution in [0.3, 0.4) is 0 Å². The third-order valence-electron chi connectivity index (χ3n) is 5.67. The lowest BCUT2D eigenvalue weighted by atomic mass is 9.64. The van der Waals surface area contributed by atoms with E-state index in [1.165, 1.54) is 12.8 Å². The quantitative estimate of drug-likeness (QED) is 0.692. The Balaban J connectivity index is 3.01. The van der Waals surface area contributed by atoms with Crippen molar-refractivity contribution in [2.75, 3.05) is 0 Å². The molecule has 0 aliphatic rings. The molecule has 0 bridgehead atoms. The summed E-state index contributed by atoms with van der Waals surface area (Å²) in [5.41, 5.74) is 1.09. The summed E-state index contributed by atoms with van der Waals surface area (Å²) in [5, 5.41) is 7.22. The number of nitrogens with one attached hydrogen (secondary N) is 1. The Labute approximate surface area is 141 Å². The van der Waals surface area contributed by atoms with Crippen molar-refractivity contribution in [1.82, 2.24) is 10.5 Å². The van der Waals surface area contributed by atoms with Crippen LogP contribution in [-0.2, 0) is 6.42 Å². The van der Waals surface area contributed by atoms with Crippen LogP contribution in [0.1, 0.15) is 95.5 Å². The molecule has 23 heavy (non-hydrogen) atoms. The Kier molecular flexibility index (Phi) is 6.84. The van der Waals surface area contributed by atoms with Crippen molar-refractivity contribution in [2.45, 2.75) is 92.5 Å². The van der Waals surface area contributed by atoms with Crippen molar-refractivity contribution < 1.29 is 9.32 Å².